The molecule has 0 saturated heterocycles. The van der Waals surface area contributed by atoms with Gasteiger partial charge < -0.3 is 0 Å². The van der Waals surface area contributed by atoms with Crippen LogP contribution in [-0.2, 0) is 0 Å². The first-order valence-electron chi connectivity index (χ1n) is 6.06. The summed E-state index contributed by atoms with van der Waals surface area (Å²) in [7, 11) is 0. The lowest BCUT2D eigenvalue weighted by molar-refractivity contribution is 0.569. The van der Waals surface area contributed by atoms with E-state index in [1.807, 2.05) is 0 Å². The van der Waals surface area contributed by atoms with Crippen molar-refractivity contribution in [2.45, 2.75) is 72.6 Å². The summed E-state index contributed by atoms with van der Waals surface area (Å²) in [5, 5.41) is 0. The van der Waals surface area contributed by atoms with E-state index in [1.54, 1.807) is 0 Å². The first-order valence-corrected chi connectivity index (χ1v) is 6.06. The van der Waals surface area contributed by atoms with E-state index in [4.69, 9.17) is 0 Å². The van der Waals surface area contributed by atoms with Gasteiger partial charge in [-0.3, -0.25) is 0 Å². The quantitative estimate of drug-likeness (QED) is 0.421. The highest BCUT2D eigenvalue weighted by molar-refractivity contribution is 5.06. The Morgan fingerprint density at radius 2 is 1.43 bits per heavy atom. The molecule has 0 spiro atoms. The maximum Gasteiger partial charge on any atom is 0.0230 e. The zero-order valence-corrected chi connectivity index (χ0v) is 10.4. The fraction of sp³-hybridized carbons (Fsp3) is 0.857. The van der Waals surface area contributed by atoms with Crippen molar-refractivity contribution in [3.05, 3.63) is 0 Å². The van der Waals surface area contributed by atoms with Crippen molar-refractivity contribution in [3.8, 4) is 11.8 Å². The SMILES string of the molecule is CCCCCCCCC#CC(C)(C)C. The molecule has 0 aromatic heterocycles. The number of rotatable bonds is 6. The summed E-state index contributed by atoms with van der Waals surface area (Å²) >= 11 is 0. The van der Waals surface area contributed by atoms with Crippen LogP contribution in [0.5, 0.6) is 0 Å². The van der Waals surface area contributed by atoms with E-state index < -0.39 is 0 Å². The Balaban J connectivity index is 3.24. The second-order valence-electron chi connectivity index (χ2n) is 5.07. The Hall–Kier alpha value is -0.440. The highest BCUT2D eigenvalue weighted by atomic mass is 14.1. The average Bonchev–Trinajstić information content (AvgIpc) is 2.08. The van der Waals surface area contributed by atoms with Crippen LogP contribution in [0.25, 0.3) is 0 Å². The van der Waals surface area contributed by atoms with Crippen molar-refractivity contribution in [1.82, 2.24) is 0 Å². The summed E-state index contributed by atoms with van der Waals surface area (Å²) in [6.07, 6.45) is 9.26. The maximum absolute atomic E-state index is 3.27. The topological polar surface area (TPSA) is 0 Å². The predicted octanol–water partition coefficient (Wildman–Crippen LogP) is 4.79. The molecule has 0 aromatic carbocycles. The van der Waals surface area contributed by atoms with E-state index in [2.05, 4.69) is 39.5 Å². The van der Waals surface area contributed by atoms with Gasteiger partial charge in [0.25, 0.3) is 0 Å². The summed E-state index contributed by atoms with van der Waals surface area (Å²) in [6, 6.07) is 0. The Bertz CT molecular complexity index is 172. The molecule has 0 aliphatic rings. The zero-order chi connectivity index (χ0) is 10.9. The van der Waals surface area contributed by atoms with E-state index in [1.165, 1.54) is 38.5 Å². The Morgan fingerprint density at radius 3 is 2.00 bits per heavy atom. The van der Waals surface area contributed by atoms with Crippen LogP contribution in [0.3, 0.4) is 0 Å². The Morgan fingerprint density at radius 1 is 0.857 bits per heavy atom. The standard InChI is InChI=1S/C14H26/c1-5-6-7-8-9-10-11-12-13-14(2,3)4/h5-11H2,1-4H3. The summed E-state index contributed by atoms with van der Waals surface area (Å²) in [5.74, 6) is 6.54. The molecule has 0 N–H and O–H groups in total. The van der Waals surface area contributed by atoms with Gasteiger partial charge in [-0.25, -0.2) is 0 Å². The van der Waals surface area contributed by atoms with Crippen molar-refractivity contribution < 1.29 is 0 Å². The Labute approximate surface area is 90.5 Å². The largest absolute Gasteiger partial charge is 0.103 e. The van der Waals surface area contributed by atoms with Gasteiger partial charge in [0.05, 0.1) is 0 Å². The molecule has 0 aliphatic heterocycles. The van der Waals surface area contributed by atoms with Gasteiger partial charge in [-0.1, -0.05) is 44.9 Å². The molecule has 0 heteroatoms. The van der Waals surface area contributed by atoms with Crippen molar-refractivity contribution >= 4 is 0 Å². The third-order valence-corrected chi connectivity index (χ3v) is 2.12. The molecule has 0 radical (unpaired) electrons. The van der Waals surface area contributed by atoms with E-state index in [0.717, 1.165) is 6.42 Å². The second-order valence-corrected chi connectivity index (χ2v) is 5.07. The van der Waals surface area contributed by atoms with Crippen LogP contribution in [0, 0.1) is 17.3 Å². The van der Waals surface area contributed by atoms with Gasteiger partial charge >= 0.3 is 0 Å². The molecule has 0 nitrogen and oxygen atoms in total. The fourth-order valence-corrected chi connectivity index (χ4v) is 1.32. The highest BCUT2D eigenvalue weighted by Gasteiger charge is 2.02. The minimum atomic E-state index is 0.183. The van der Waals surface area contributed by atoms with E-state index >= 15 is 0 Å². The summed E-state index contributed by atoms with van der Waals surface area (Å²) in [5.41, 5.74) is 0.183. The molecule has 14 heavy (non-hydrogen) atoms. The molecule has 0 atom stereocenters. The third kappa shape index (κ3) is 11.6. The van der Waals surface area contributed by atoms with Crippen LogP contribution < -0.4 is 0 Å². The van der Waals surface area contributed by atoms with Crippen molar-refractivity contribution in [3.63, 3.8) is 0 Å². The molecule has 82 valence electrons. The summed E-state index contributed by atoms with van der Waals surface area (Å²) in [4.78, 5) is 0. The van der Waals surface area contributed by atoms with Gasteiger partial charge in [-0.2, -0.15) is 0 Å². The Kier molecular flexibility index (Phi) is 7.67. The summed E-state index contributed by atoms with van der Waals surface area (Å²) in [6.45, 7) is 8.76. The predicted molar refractivity (Wildman–Crippen MR) is 65.2 cm³/mol. The minimum Gasteiger partial charge on any atom is -0.103 e. The van der Waals surface area contributed by atoms with E-state index in [9.17, 15) is 0 Å². The normalized spacial score (nSPS) is 10.9. The molecular formula is C14H26. The number of unbranched alkanes of at least 4 members (excludes halogenated alkanes) is 6. The first kappa shape index (κ1) is 13.6. The van der Waals surface area contributed by atoms with Crippen molar-refractivity contribution in [2.75, 3.05) is 0 Å². The fourth-order valence-electron chi connectivity index (χ4n) is 1.32. The molecular weight excluding hydrogens is 168 g/mol. The molecule has 0 bridgehead atoms. The van der Waals surface area contributed by atoms with Gasteiger partial charge in [0, 0.05) is 11.8 Å². The number of hydrogen-bond donors (Lipinski definition) is 0. The van der Waals surface area contributed by atoms with E-state index in [0.29, 0.717) is 0 Å². The minimum absolute atomic E-state index is 0.183. The van der Waals surface area contributed by atoms with Crippen LogP contribution in [0.4, 0.5) is 0 Å². The lowest BCUT2D eigenvalue weighted by Crippen LogP contribution is -1.98. The maximum atomic E-state index is 3.27. The molecule has 0 fully saturated rings. The molecule has 0 unspecified atom stereocenters. The molecule has 0 heterocycles. The lowest BCUT2D eigenvalue weighted by Gasteiger charge is -2.06. The van der Waals surface area contributed by atoms with Crippen LogP contribution in [0.2, 0.25) is 0 Å². The lowest BCUT2D eigenvalue weighted by atomic mass is 9.97. The first-order chi connectivity index (χ1) is 6.56. The number of hydrogen-bond acceptors (Lipinski definition) is 0. The molecule has 0 aliphatic carbocycles. The molecule has 0 amide bonds. The molecule has 0 rings (SSSR count). The van der Waals surface area contributed by atoms with Gasteiger partial charge in [-0.05, 0) is 27.2 Å². The third-order valence-electron chi connectivity index (χ3n) is 2.12. The van der Waals surface area contributed by atoms with Crippen LogP contribution in [0.15, 0.2) is 0 Å². The van der Waals surface area contributed by atoms with Crippen LogP contribution in [-0.4, -0.2) is 0 Å². The average molecular weight is 194 g/mol. The van der Waals surface area contributed by atoms with Crippen LogP contribution >= 0.6 is 0 Å². The molecule has 0 aromatic rings. The van der Waals surface area contributed by atoms with Gasteiger partial charge in [-0.15, -0.1) is 5.92 Å². The molecule has 0 saturated carbocycles. The second kappa shape index (κ2) is 7.92. The highest BCUT2D eigenvalue weighted by Crippen LogP contribution is 2.11. The smallest absolute Gasteiger partial charge is 0.0230 e. The van der Waals surface area contributed by atoms with E-state index in [-0.39, 0.29) is 5.41 Å². The monoisotopic (exact) mass is 194 g/mol. The van der Waals surface area contributed by atoms with Gasteiger partial charge in [0.2, 0.25) is 0 Å². The van der Waals surface area contributed by atoms with Crippen LogP contribution in [0.1, 0.15) is 72.6 Å². The summed E-state index contributed by atoms with van der Waals surface area (Å²) < 4.78 is 0. The zero-order valence-electron chi connectivity index (χ0n) is 10.4. The van der Waals surface area contributed by atoms with Crippen molar-refractivity contribution in [1.29, 1.82) is 0 Å². The van der Waals surface area contributed by atoms with Gasteiger partial charge in [0.1, 0.15) is 0 Å². The van der Waals surface area contributed by atoms with Crippen molar-refractivity contribution in [2.24, 2.45) is 5.41 Å². The van der Waals surface area contributed by atoms with Gasteiger partial charge in [0.15, 0.2) is 0 Å².